The summed E-state index contributed by atoms with van der Waals surface area (Å²) in [5.41, 5.74) is 1.75. The van der Waals surface area contributed by atoms with Gasteiger partial charge in [-0.3, -0.25) is 9.52 Å². The Bertz CT molecular complexity index is 1150. The van der Waals surface area contributed by atoms with E-state index in [0.717, 1.165) is 11.6 Å². The van der Waals surface area contributed by atoms with E-state index >= 15 is 0 Å². The number of nitrogens with one attached hydrogen (secondary N) is 2. The van der Waals surface area contributed by atoms with Gasteiger partial charge >= 0.3 is 0 Å². The van der Waals surface area contributed by atoms with E-state index in [1.165, 1.54) is 49.6 Å². The molecular weight excluding hydrogens is 395 g/mol. The van der Waals surface area contributed by atoms with Crippen molar-refractivity contribution in [1.29, 1.82) is 0 Å². The molecule has 0 saturated carbocycles. The largest absolute Gasteiger partial charge is 0.495 e. The summed E-state index contributed by atoms with van der Waals surface area (Å²) in [4.78, 5) is 12.2. The van der Waals surface area contributed by atoms with Gasteiger partial charge in [-0.15, -0.1) is 0 Å². The van der Waals surface area contributed by atoms with Crippen LogP contribution in [0.15, 0.2) is 71.6 Å². The predicted molar refractivity (Wildman–Crippen MR) is 109 cm³/mol. The summed E-state index contributed by atoms with van der Waals surface area (Å²) in [6.45, 7) is 1.84. The van der Waals surface area contributed by atoms with E-state index in [0.29, 0.717) is 17.1 Å². The lowest BCUT2D eigenvalue weighted by Gasteiger charge is -2.13. The molecule has 0 fully saturated rings. The summed E-state index contributed by atoms with van der Waals surface area (Å²) < 4.78 is 46.3. The molecule has 0 aliphatic rings. The van der Waals surface area contributed by atoms with E-state index < -0.39 is 21.7 Å². The molecule has 0 aliphatic heterocycles. The van der Waals surface area contributed by atoms with Crippen LogP contribution < -0.4 is 14.8 Å². The molecule has 0 atom stereocenters. The normalized spacial score (nSPS) is 11.0. The SMILES string of the molecule is COc1ccc(C)cc1NS(=O)(=O)c1ccc(NC(=O)c2cccc(F)c2)cc1. The van der Waals surface area contributed by atoms with Crippen molar-refractivity contribution in [3.05, 3.63) is 83.7 Å². The van der Waals surface area contributed by atoms with E-state index in [2.05, 4.69) is 10.0 Å². The third-order valence-electron chi connectivity index (χ3n) is 4.11. The number of hydrogen-bond acceptors (Lipinski definition) is 4. The third kappa shape index (κ3) is 4.91. The molecule has 29 heavy (non-hydrogen) atoms. The van der Waals surface area contributed by atoms with Gasteiger partial charge in [0.05, 0.1) is 17.7 Å². The molecule has 1 amide bonds. The summed E-state index contributed by atoms with van der Waals surface area (Å²) in [6.07, 6.45) is 0. The van der Waals surface area contributed by atoms with Gasteiger partial charge in [0.15, 0.2) is 0 Å². The number of amides is 1. The molecule has 0 unspecified atom stereocenters. The number of rotatable bonds is 6. The maximum atomic E-state index is 13.2. The Balaban J connectivity index is 1.77. The molecular formula is C21H19FN2O4S. The van der Waals surface area contributed by atoms with Gasteiger partial charge in [-0.25, -0.2) is 12.8 Å². The first-order valence-electron chi connectivity index (χ1n) is 8.63. The zero-order valence-corrected chi connectivity index (χ0v) is 16.6. The highest BCUT2D eigenvalue weighted by molar-refractivity contribution is 7.92. The van der Waals surface area contributed by atoms with Gasteiger partial charge in [-0.05, 0) is 67.1 Å². The van der Waals surface area contributed by atoms with Gasteiger partial charge in [-0.2, -0.15) is 0 Å². The van der Waals surface area contributed by atoms with Crippen molar-refractivity contribution in [2.75, 3.05) is 17.1 Å². The van der Waals surface area contributed by atoms with Crippen LogP contribution in [0.5, 0.6) is 5.75 Å². The van der Waals surface area contributed by atoms with Crippen LogP contribution in [0, 0.1) is 12.7 Å². The average Bonchev–Trinajstić information content (AvgIpc) is 2.68. The summed E-state index contributed by atoms with van der Waals surface area (Å²) >= 11 is 0. The first kappa shape index (κ1) is 20.3. The number of ether oxygens (including phenoxy) is 1. The molecule has 8 heteroatoms. The Morgan fingerprint density at radius 2 is 1.72 bits per heavy atom. The molecule has 0 bridgehead atoms. The number of carbonyl (C=O) groups is 1. The molecule has 0 aliphatic carbocycles. The van der Waals surface area contributed by atoms with E-state index in [9.17, 15) is 17.6 Å². The van der Waals surface area contributed by atoms with E-state index in [4.69, 9.17) is 4.74 Å². The highest BCUT2D eigenvalue weighted by atomic mass is 32.2. The lowest BCUT2D eigenvalue weighted by molar-refractivity contribution is 0.102. The molecule has 3 rings (SSSR count). The first-order chi connectivity index (χ1) is 13.8. The fraction of sp³-hybridized carbons (Fsp3) is 0.0952. The van der Waals surface area contributed by atoms with Crippen molar-refractivity contribution in [3.8, 4) is 5.75 Å². The van der Waals surface area contributed by atoms with Crippen LogP contribution >= 0.6 is 0 Å². The minimum absolute atomic E-state index is 0.0183. The maximum absolute atomic E-state index is 13.2. The molecule has 0 radical (unpaired) electrons. The Hall–Kier alpha value is -3.39. The number of benzene rings is 3. The first-order valence-corrected chi connectivity index (χ1v) is 10.1. The van der Waals surface area contributed by atoms with Crippen LogP contribution in [0.1, 0.15) is 15.9 Å². The van der Waals surface area contributed by atoms with Crippen LogP contribution in [0.2, 0.25) is 0 Å². The maximum Gasteiger partial charge on any atom is 0.262 e. The van der Waals surface area contributed by atoms with E-state index in [1.807, 2.05) is 13.0 Å². The molecule has 0 heterocycles. The predicted octanol–water partition coefficient (Wildman–Crippen LogP) is 4.20. The smallest absolute Gasteiger partial charge is 0.262 e. The highest BCUT2D eigenvalue weighted by Crippen LogP contribution is 2.28. The van der Waals surface area contributed by atoms with Crippen LogP contribution in [0.25, 0.3) is 0 Å². The zero-order chi connectivity index (χ0) is 21.0. The standard InChI is InChI=1S/C21H19FN2O4S/c1-14-6-11-20(28-2)19(12-14)24-29(26,27)18-9-7-17(8-10-18)23-21(25)15-4-3-5-16(22)13-15/h3-13,24H,1-2H3,(H,23,25). The number of sulfonamides is 1. The Labute approximate surface area is 168 Å². The van der Waals surface area contributed by atoms with Crippen LogP contribution in [-0.2, 0) is 10.0 Å². The third-order valence-corrected chi connectivity index (χ3v) is 5.49. The van der Waals surface area contributed by atoms with Gasteiger partial charge in [0.2, 0.25) is 0 Å². The van der Waals surface area contributed by atoms with Crippen molar-refractivity contribution in [3.63, 3.8) is 0 Å². The minimum atomic E-state index is -3.86. The van der Waals surface area contributed by atoms with Crippen molar-refractivity contribution in [1.82, 2.24) is 0 Å². The monoisotopic (exact) mass is 414 g/mol. The van der Waals surface area contributed by atoms with Crippen LogP contribution in [0.4, 0.5) is 15.8 Å². The second kappa shape index (κ2) is 8.32. The topological polar surface area (TPSA) is 84.5 Å². The minimum Gasteiger partial charge on any atom is -0.495 e. The fourth-order valence-electron chi connectivity index (χ4n) is 2.66. The molecule has 0 spiro atoms. The van der Waals surface area contributed by atoms with Gasteiger partial charge < -0.3 is 10.1 Å². The summed E-state index contributed by atoms with van der Waals surface area (Å²) in [5, 5.41) is 2.60. The average molecular weight is 414 g/mol. The second-order valence-corrected chi connectivity index (χ2v) is 7.98. The van der Waals surface area contributed by atoms with Crippen molar-refractivity contribution >= 4 is 27.3 Å². The molecule has 2 N–H and O–H groups in total. The second-order valence-electron chi connectivity index (χ2n) is 6.30. The summed E-state index contributed by atoms with van der Waals surface area (Å²) in [7, 11) is -2.40. The van der Waals surface area contributed by atoms with Gasteiger partial charge in [0.25, 0.3) is 15.9 Å². The fourth-order valence-corrected chi connectivity index (χ4v) is 3.72. The number of hydrogen-bond donors (Lipinski definition) is 2. The van der Waals surface area contributed by atoms with E-state index in [-0.39, 0.29) is 10.5 Å². The van der Waals surface area contributed by atoms with E-state index in [1.54, 1.807) is 12.1 Å². The molecule has 150 valence electrons. The molecule has 0 saturated heterocycles. The molecule has 3 aromatic rings. The molecule has 3 aromatic carbocycles. The number of carbonyl (C=O) groups excluding carboxylic acids is 1. The molecule has 6 nitrogen and oxygen atoms in total. The van der Waals surface area contributed by atoms with Gasteiger partial charge in [0.1, 0.15) is 11.6 Å². The Kier molecular flexibility index (Phi) is 5.84. The number of halogens is 1. The molecule has 0 aromatic heterocycles. The van der Waals surface area contributed by atoms with Crippen molar-refractivity contribution < 1.29 is 22.3 Å². The van der Waals surface area contributed by atoms with Crippen molar-refractivity contribution in [2.45, 2.75) is 11.8 Å². The summed E-state index contributed by atoms with van der Waals surface area (Å²) in [6, 6.07) is 16.1. The lowest BCUT2D eigenvalue weighted by atomic mass is 10.2. The quantitative estimate of drug-likeness (QED) is 0.633. The van der Waals surface area contributed by atoms with Crippen molar-refractivity contribution in [2.24, 2.45) is 0 Å². The Morgan fingerprint density at radius 1 is 1.00 bits per heavy atom. The number of methoxy groups -OCH3 is 1. The lowest BCUT2D eigenvalue weighted by Crippen LogP contribution is -2.15. The van der Waals surface area contributed by atoms with Crippen LogP contribution in [0.3, 0.4) is 0 Å². The van der Waals surface area contributed by atoms with Gasteiger partial charge in [0, 0.05) is 11.3 Å². The summed E-state index contributed by atoms with van der Waals surface area (Å²) in [5.74, 6) is -0.613. The number of aryl methyl sites for hydroxylation is 1. The highest BCUT2D eigenvalue weighted by Gasteiger charge is 2.17. The van der Waals surface area contributed by atoms with Crippen LogP contribution in [-0.4, -0.2) is 21.4 Å². The van der Waals surface area contributed by atoms with Gasteiger partial charge in [-0.1, -0.05) is 12.1 Å². The zero-order valence-electron chi connectivity index (χ0n) is 15.8. The Morgan fingerprint density at radius 3 is 2.38 bits per heavy atom. The number of anilines is 2.